The van der Waals surface area contributed by atoms with Gasteiger partial charge in [-0.2, -0.15) is 5.10 Å². The molecule has 2 unspecified atom stereocenters. The molecule has 0 fully saturated rings. The van der Waals surface area contributed by atoms with Gasteiger partial charge in [-0.25, -0.2) is 9.98 Å². The summed E-state index contributed by atoms with van der Waals surface area (Å²) < 4.78 is 7.29. The van der Waals surface area contributed by atoms with Crippen molar-refractivity contribution in [1.82, 2.24) is 9.58 Å². The summed E-state index contributed by atoms with van der Waals surface area (Å²) in [4.78, 5) is 22.7. The number of hydrazone groups is 1. The first kappa shape index (κ1) is 21.5. The lowest BCUT2D eigenvalue weighted by Crippen LogP contribution is -2.43. The van der Waals surface area contributed by atoms with Gasteiger partial charge in [-0.15, -0.1) is 0 Å². The van der Waals surface area contributed by atoms with Gasteiger partial charge in [-0.1, -0.05) is 42.5 Å². The first-order valence-electron chi connectivity index (χ1n) is 11.8. The van der Waals surface area contributed by atoms with E-state index in [0.29, 0.717) is 25.6 Å². The molecular weight excluding hydrogens is 440 g/mol. The Kier molecular flexibility index (Phi) is 5.30. The normalized spacial score (nSPS) is 21.5. The summed E-state index contributed by atoms with van der Waals surface area (Å²) >= 11 is 0. The number of para-hydroxylation sites is 1. The Morgan fingerprint density at radius 2 is 2.00 bits per heavy atom. The molecule has 0 saturated carbocycles. The summed E-state index contributed by atoms with van der Waals surface area (Å²) in [7, 11) is 0. The van der Waals surface area contributed by atoms with Crippen molar-refractivity contribution in [3.8, 4) is 5.69 Å². The Hall–Kier alpha value is -4.04. The molecular formula is C27H26N6O2. The van der Waals surface area contributed by atoms with E-state index in [4.69, 9.17) is 15.6 Å². The van der Waals surface area contributed by atoms with E-state index in [1.807, 2.05) is 60.5 Å². The second kappa shape index (κ2) is 8.63. The molecule has 3 aliphatic heterocycles. The highest BCUT2D eigenvalue weighted by Gasteiger charge is 2.42. The summed E-state index contributed by atoms with van der Waals surface area (Å²) in [6.45, 7) is 3.58. The number of aryl methyl sites for hydroxylation is 1. The van der Waals surface area contributed by atoms with Gasteiger partial charge in [0.25, 0.3) is 5.56 Å². The topological polar surface area (TPSA) is 97.6 Å². The summed E-state index contributed by atoms with van der Waals surface area (Å²) in [6, 6.07) is 17.8. The number of aliphatic imine (C=N–C) groups is 2. The van der Waals surface area contributed by atoms with Gasteiger partial charge in [0.2, 0.25) is 0 Å². The van der Waals surface area contributed by atoms with E-state index in [1.165, 1.54) is 6.34 Å². The van der Waals surface area contributed by atoms with E-state index in [0.717, 1.165) is 45.4 Å². The first-order chi connectivity index (χ1) is 17.1. The molecule has 0 spiro atoms. The predicted molar refractivity (Wildman–Crippen MR) is 138 cm³/mol. The van der Waals surface area contributed by atoms with Gasteiger partial charge >= 0.3 is 0 Å². The smallest absolute Gasteiger partial charge is 0.263 e. The molecule has 0 radical (unpaired) electrons. The number of ether oxygens (including phenoxy) is 1. The molecule has 0 amide bonds. The van der Waals surface area contributed by atoms with Crippen molar-refractivity contribution >= 4 is 28.7 Å². The number of benzene rings is 2. The molecule has 2 aromatic carbocycles. The van der Waals surface area contributed by atoms with Crippen molar-refractivity contribution in [3.63, 3.8) is 0 Å². The van der Waals surface area contributed by atoms with Gasteiger partial charge in [-0.05, 0) is 48.1 Å². The number of pyridine rings is 1. The van der Waals surface area contributed by atoms with Crippen molar-refractivity contribution < 1.29 is 4.74 Å². The highest BCUT2D eigenvalue weighted by atomic mass is 16.5. The molecule has 8 nitrogen and oxygen atoms in total. The lowest BCUT2D eigenvalue weighted by Gasteiger charge is -2.27. The number of amidine groups is 1. The maximum Gasteiger partial charge on any atom is 0.263 e. The zero-order chi connectivity index (χ0) is 23.9. The van der Waals surface area contributed by atoms with Gasteiger partial charge in [0.15, 0.2) is 6.17 Å². The molecule has 6 rings (SSSR count). The van der Waals surface area contributed by atoms with Crippen molar-refractivity contribution in [3.05, 3.63) is 87.9 Å². The molecule has 3 aliphatic rings. The van der Waals surface area contributed by atoms with Crippen molar-refractivity contribution in [2.75, 3.05) is 13.2 Å². The molecule has 0 bridgehead atoms. The maximum atomic E-state index is 13.8. The molecule has 0 saturated heterocycles. The molecule has 0 aliphatic carbocycles. The molecule has 2 N–H and O–H groups in total. The number of rotatable bonds is 4. The Labute approximate surface area is 202 Å². The van der Waals surface area contributed by atoms with E-state index in [-0.39, 0.29) is 17.6 Å². The van der Waals surface area contributed by atoms with Crippen LogP contribution in [-0.2, 0) is 11.3 Å². The predicted octanol–water partition coefficient (Wildman–Crippen LogP) is 3.16. The van der Waals surface area contributed by atoms with Gasteiger partial charge in [0.1, 0.15) is 18.1 Å². The SMILES string of the molecule is Cc1cccc2cc(CN3N=C(C4=CCOCC4)C4C(N)=NC=NC43)n(-c3ccccc3)c(=O)c12. The molecule has 35 heavy (non-hydrogen) atoms. The van der Waals surface area contributed by atoms with Crippen molar-refractivity contribution in [2.45, 2.75) is 26.1 Å². The fourth-order valence-electron chi connectivity index (χ4n) is 5.16. The zero-order valence-corrected chi connectivity index (χ0v) is 19.5. The van der Waals surface area contributed by atoms with Crippen LogP contribution in [0.4, 0.5) is 0 Å². The second-order valence-electron chi connectivity index (χ2n) is 9.00. The minimum absolute atomic E-state index is 0.0397. The van der Waals surface area contributed by atoms with Crippen LogP contribution >= 0.6 is 0 Å². The standard InChI is InChI=1S/C27H26N6O2/c1-17-6-5-7-19-14-21(33(27(34)22(17)19)20-8-3-2-4-9-20)15-32-26-23(25(28)29-16-30-26)24(31-32)18-10-12-35-13-11-18/h2-10,14,16,23,26H,11-13,15H2,1H3,(H2,28,29,30). The molecule has 4 heterocycles. The van der Waals surface area contributed by atoms with Crippen LogP contribution in [0, 0.1) is 12.8 Å². The summed E-state index contributed by atoms with van der Waals surface area (Å²) in [6.07, 6.45) is 4.04. The Balaban J connectivity index is 1.49. The lowest BCUT2D eigenvalue weighted by molar-refractivity contribution is 0.156. The molecule has 2 atom stereocenters. The summed E-state index contributed by atoms with van der Waals surface area (Å²) in [5.74, 6) is 0.289. The van der Waals surface area contributed by atoms with Gasteiger partial charge < -0.3 is 10.5 Å². The van der Waals surface area contributed by atoms with E-state index in [9.17, 15) is 4.79 Å². The first-order valence-corrected chi connectivity index (χ1v) is 11.8. The van der Waals surface area contributed by atoms with Crippen molar-refractivity contribution in [2.24, 2.45) is 26.7 Å². The second-order valence-corrected chi connectivity index (χ2v) is 9.00. The van der Waals surface area contributed by atoms with Gasteiger partial charge in [0, 0.05) is 11.4 Å². The number of hydrogen-bond acceptors (Lipinski definition) is 7. The fourth-order valence-corrected chi connectivity index (χ4v) is 5.16. The number of nitrogens with two attached hydrogens (primary N) is 1. The van der Waals surface area contributed by atoms with E-state index < -0.39 is 0 Å². The number of fused-ring (bicyclic) bond motifs is 2. The van der Waals surface area contributed by atoms with Crippen LogP contribution < -0.4 is 11.3 Å². The summed E-state index contributed by atoms with van der Waals surface area (Å²) in [5.41, 5.74) is 10.9. The highest BCUT2D eigenvalue weighted by Crippen LogP contribution is 2.32. The molecule has 176 valence electrons. The zero-order valence-electron chi connectivity index (χ0n) is 19.5. The average molecular weight is 467 g/mol. The molecule has 1 aromatic heterocycles. The third kappa shape index (κ3) is 3.66. The average Bonchev–Trinajstić information content (AvgIpc) is 3.25. The van der Waals surface area contributed by atoms with Crippen LogP contribution in [0.1, 0.15) is 17.7 Å². The Morgan fingerprint density at radius 1 is 1.14 bits per heavy atom. The van der Waals surface area contributed by atoms with E-state index in [2.05, 4.69) is 22.1 Å². The van der Waals surface area contributed by atoms with Gasteiger partial charge in [-0.3, -0.25) is 14.4 Å². The summed E-state index contributed by atoms with van der Waals surface area (Å²) in [5, 5.41) is 8.57. The van der Waals surface area contributed by atoms with Crippen LogP contribution in [-0.4, -0.2) is 46.8 Å². The lowest BCUT2D eigenvalue weighted by atomic mass is 9.91. The monoisotopic (exact) mass is 466 g/mol. The van der Waals surface area contributed by atoms with Crippen molar-refractivity contribution in [1.29, 1.82) is 0 Å². The van der Waals surface area contributed by atoms with Gasteiger partial charge in [0.05, 0.1) is 30.9 Å². The molecule has 8 heteroatoms. The fraction of sp³-hybridized carbons (Fsp3) is 0.259. The number of hydrogen-bond donors (Lipinski definition) is 1. The highest BCUT2D eigenvalue weighted by molar-refractivity contribution is 6.17. The maximum absolute atomic E-state index is 13.8. The molecule has 3 aromatic rings. The van der Waals surface area contributed by atoms with Crippen LogP contribution in [0.5, 0.6) is 0 Å². The largest absolute Gasteiger partial charge is 0.386 e. The quantitative estimate of drug-likeness (QED) is 0.639. The van der Waals surface area contributed by atoms with E-state index in [1.54, 1.807) is 4.57 Å². The third-order valence-electron chi connectivity index (χ3n) is 6.84. The minimum Gasteiger partial charge on any atom is -0.386 e. The Morgan fingerprint density at radius 3 is 2.80 bits per heavy atom. The minimum atomic E-state index is -0.307. The third-order valence-corrected chi connectivity index (χ3v) is 6.84. The van der Waals surface area contributed by atoms with Crippen LogP contribution in [0.15, 0.2) is 86.1 Å². The van der Waals surface area contributed by atoms with Crippen LogP contribution in [0.25, 0.3) is 16.5 Å². The van der Waals surface area contributed by atoms with Crippen LogP contribution in [0.3, 0.4) is 0 Å². The Bertz CT molecular complexity index is 1480. The number of aromatic nitrogens is 1. The van der Waals surface area contributed by atoms with Crippen LogP contribution in [0.2, 0.25) is 0 Å². The van der Waals surface area contributed by atoms with E-state index >= 15 is 0 Å². The number of nitrogens with zero attached hydrogens (tertiary/aromatic N) is 5.